The number of halogens is 1. The number of hydrogen-bond donors (Lipinski definition) is 1. The van der Waals surface area contributed by atoms with Crippen molar-refractivity contribution >= 4 is 11.6 Å². The quantitative estimate of drug-likeness (QED) is 0.826. The van der Waals surface area contributed by atoms with Gasteiger partial charge in [-0.2, -0.15) is 0 Å². The van der Waals surface area contributed by atoms with Crippen molar-refractivity contribution in [2.45, 2.75) is 51.6 Å². The first-order valence-electron chi connectivity index (χ1n) is 6.56. The predicted octanol–water partition coefficient (Wildman–Crippen LogP) is 3.84. The first kappa shape index (κ1) is 13.7. The number of aliphatic hydroxyl groups is 1. The van der Waals surface area contributed by atoms with E-state index in [0.717, 1.165) is 18.4 Å². The summed E-state index contributed by atoms with van der Waals surface area (Å²) < 4.78 is 5.42. The Balaban J connectivity index is 2.62. The Labute approximate surface area is 114 Å². The van der Waals surface area contributed by atoms with Crippen LogP contribution in [0, 0.1) is 0 Å². The summed E-state index contributed by atoms with van der Waals surface area (Å²) in [6.45, 7) is 3.54. The normalized spacial score (nSPS) is 16.1. The summed E-state index contributed by atoms with van der Waals surface area (Å²) >= 11 is 6.47. The Bertz CT molecular complexity index is 447. The lowest BCUT2D eigenvalue weighted by atomic mass is 9.91. The molecular weight excluding hydrogens is 248 g/mol. The second-order valence-corrected chi connectivity index (χ2v) is 5.91. The molecule has 0 radical (unpaired) electrons. The third-order valence-electron chi connectivity index (χ3n) is 3.65. The van der Waals surface area contributed by atoms with E-state index in [2.05, 4.69) is 6.07 Å². The molecule has 0 fully saturated rings. The van der Waals surface area contributed by atoms with Gasteiger partial charge in [-0.05, 0) is 56.7 Å². The Hall–Kier alpha value is -0.730. The number of ether oxygens (including phenoxy) is 1. The fraction of sp³-hybridized carbons (Fsp3) is 0.600. The highest BCUT2D eigenvalue weighted by molar-refractivity contribution is 6.33. The van der Waals surface area contributed by atoms with Crippen molar-refractivity contribution in [1.82, 2.24) is 0 Å². The smallest absolute Gasteiger partial charge is 0.143 e. The van der Waals surface area contributed by atoms with Crippen LogP contribution in [0.5, 0.6) is 5.75 Å². The Morgan fingerprint density at radius 2 is 1.89 bits per heavy atom. The minimum absolute atomic E-state index is 0.629. The highest BCUT2D eigenvalue weighted by Gasteiger charge is 2.26. The van der Waals surface area contributed by atoms with Crippen LogP contribution in [0.2, 0.25) is 5.02 Å². The van der Waals surface area contributed by atoms with Crippen molar-refractivity contribution in [3.63, 3.8) is 0 Å². The van der Waals surface area contributed by atoms with Crippen molar-refractivity contribution in [2.24, 2.45) is 0 Å². The largest absolute Gasteiger partial charge is 0.495 e. The second-order valence-electron chi connectivity index (χ2n) is 5.53. The zero-order valence-corrected chi connectivity index (χ0v) is 12.1. The van der Waals surface area contributed by atoms with E-state index in [1.807, 2.05) is 0 Å². The van der Waals surface area contributed by atoms with E-state index < -0.39 is 5.60 Å². The van der Waals surface area contributed by atoms with Gasteiger partial charge in [0.25, 0.3) is 0 Å². The minimum Gasteiger partial charge on any atom is -0.495 e. The number of methoxy groups -OCH3 is 1. The monoisotopic (exact) mass is 268 g/mol. The summed E-state index contributed by atoms with van der Waals surface area (Å²) in [7, 11) is 1.61. The first-order valence-corrected chi connectivity index (χ1v) is 6.94. The summed E-state index contributed by atoms with van der Waals surface area (Å²) in [6.07, 6.45) is 5.67. The van der Waals surface area contributed by atoms with Crippen LogP contribution in [0.3, 0.4) is 0 Å². The molecule has 0 aromatic heterocycles. The molecule has 2 rings (SSSR count). The fourth-order valence-corrected chi connectivity index (χ4v) is 3.06. The molecule has 0 bridgehead atoms. The van der Waals surface area contributed by atoms with Crippen LogP contribution in [-0.2, 0) is 18.4 Å². The Morgan fingerprint density at radius 3 is 2.50 bits per heavy atom. The summed E-state index contributed by atoms with van der Waals surface area (Å²) in [5, 5.41) is 10.9. The zero-order valence-electron chi connectivity index (χ0n) is 11.3. The molecule has 0 heterocycles. The van der Waals surface area contributed by atoms with Gasteiger partial charge in [0.15, 0.2) is 0 Å². The van der Waals surface area contributed by atoms with Crippen LogP contribution in [-0.4, -0.2) is 12.2 Å². The molecule has 0 saturated heterocycles. The summed E-state index contributed by atoms with van der Waals surface area (Å²) in [5.41, 5.74) is 2.33. The molecule has 0 saturated carbocycles. The van der Waals surface area contributed by atoms with Crippen molar-refractivity contribution in [2.75, 3.05) is 7.11 Å². The number of aryl methyl sites for hydroxylation is 1. The lowest BCUT2D eigenvalue weighted by Crippen LogP contribution is -2.18. The van der Waals surface area contributed by atoms with E-state index in [1.165, 1.54) is 30.4 Å². The van der Waals surface area contributed by atoms with Crippen molar-refractivity contribution in [3.05, 3.63) is 27.8 Å². The Morgan fingerprint density at radius 1 is 1.22 bits per heavy atom. The lowest BCUT2D eigenvalue weighted by Gasteiger charge is -2.24. The SMILES string of the molecule is COc1c(C(C)(C)O)cc2c(c1Cl)CCCCC2. The van der Waals surface area contributed by atoms with Gasteiger partial charge in [0.1, 0.15) is 5.75 Å². The summed E-state index contributed by atoms with van der Waals surface area (Å²) in [6, 6.07) is 2.07. The molecule has 18 heavy (non-hydrogen) atoms. The average Bonchev–Trinajstić information content (AvgIpc) is 2.53. The molecule has 0 amide bonds. The third kappa shape index (κ3) is 2.50. The molecule has 1 aliphatic carbocycles. The molecule has 2 nitrogen and oxygen atoms in total. The van der Waals surface area contributed by atoms with E-state index in [1.54, 1.807) is 21.0 Å². The van der Waals surface area contributed by atoms with E-state index in [9.17, 15) is 5.11 Å². The first-order chi connectivity index (χ1) is 8.45. The number of fused-ring (bicyclic) bond motifs is 1. The summed E-state index contributed by atoms with van der Waals surface area (Å²) in [4.78, 5) is 0. The maximum atomic E-state index is 10.3. The second kappa shape index (κ2) is 5.10. The standard InChI is InChI=1S/C15H21ClO2/c1-15(2,17)12-9-10-7-5-4-6-8-11(10)13(16)14(12)18-3/h9,17H,4-8H2,1-3H3. The van der Waals surface area contributed by atoms with Gasteiger partial charge in [-0.25, -0.2) is 0 Å². The van der Waals surface area contributed by atoms with Gasteiger partial charge in [-0.1, -0.05) is 18.0 Å². The fourth-order valence-electron chi connectivity index (χ4n) is 2.66. The van der Waals surface area contributed by atoms with Crippen LogP contribution >= 0.6 is 11.6 Å². The lowest BCUT2D eigenvalue weighted by molar-refractivity contribution is 0.0755. The van der Waals surface area contributed by atoms with Gasteiger partial charge in [0.05, 0.1) is 17.7 Å². The van der Waals surface area contributed by atoms with Crippen LogP contribution in [0.1, 0.15) is 49.8 Å². The zero-order chi connectivity index (χ0) is 13.3. The molecule has 0 unspecified atom stereocenters. The predicted molar refractivity (Wildman–Crippen MR) is 74.5 cm³/mol. The van der Waals surface area contributed by atoms with Crippen LogP contribution in [0.15, 0.2) is 6.07 Å². The van der Waals surface area contributed by atoms with Crippen LogP contribution < -0.4 is 4.74 Å². The number of hydrogen-bond acceptors (Lipinski definition) is 2. The molecular formula is C15H21ClO2. The van der Waals surface area contributed by atoms with E-state index in [0.29, 0.717) is 10.8 Å². The minimum atomic E-state index is -0.934. The highest BCUT2D eigenvalue weighted by atomic mass is 35.5. The van der Waals surface area contributed by atoms with Crippen molar-refractivity contribution < 1.29 is 9.84 Å². The van der Waals surface area contributed by atoms with Crippen LogP contribution in [0.25, 0.3) is 0 Å². The van der Waals surface area contributed by atoms with Crippen LogP contribution in [0.4, 0.5) is 0 Å². The van der Waals surface area contributed by atoms with Gasteiger partial charge >= 0.3 is 0 Å². The van der Waals surface area contributed by atoms with Gasteiger partial charge in [0, 0.05) is 5.56 Å². The number of rotatable bonds is 2. The molecule has 1 aliphatic rings. The molecule has 0 spiro atoms. The van der Waals surface area contributed by atoms with Gasteiger partial charge in [-0.15, -0.1) is 0 Å². The van der Waals surface area contributed by atoms with Crippen molar-refractivity contribution in [3.8, 4) is 5.75 Å². The Kier molecular flexibility index (Phi) is 3.88. The van der Waals surface area contributed by atoms with E-state index in [-0.39, 0.29) is 0 Å². The maximum absolute atomic E-state index is 10.3. The van der Waals surface area contributed by atoms with Gasteiger partial charge in [-0.3, -0.25) is 0 Å². The molecule has 100 valence electrons. The molecule has 0 aliphatic heterocycles. The average molecular weight is 269 g/mol. The van der Waals surface area contributed by atoms with Gasteiger partial charge in [0.2, 0.25) is 0 Å². The molecule has 1 aromatic carbocycles. The molecule has 0 atom stereocenters. The van der Waals surface area contributed by atoms with Crippen molar-refractivity contribution in [1.29, 1.82) is 0 Å². The molecule has 1 N–H and O–H groups in total. The maximum Gasteiger partial charge on any atom is 0.143 e. The highest BCUT2D eigenvalue weighted by Crippen LogP contribution is 2.41. The topological polar surface area (TPSA) is 29.5 Å². The van der Waals surface area contributed by atoms with E-state index >= 15 is 0 Å². The molecule has 3 heteroatoms. The number of benzene rings is 1. The third-order valence-corrected chi connectivity index (χ3v) is 4.05. The molecule has 1 aromatic rings. The van der Waals surface area contributed by atoms with E-state index in [4.69, 9.17) is 16.3 Å². The van der Waals surface area contributed by atoms with Gasteiger partial charge < -0.3 is 9.84 Å². The summed E-state index contributed by atoms with van der Waals surface area (Å²) in [5.74, 6) is 0.629.